The predicted molar refractivity (Wildman–Crippen MR) is 101 cm³/mol. The summed E-state index contributed by atoms with van der Waals surface area (Å²) >= 11 is 0. The minimum absolute atomic E-state index is 0.201. The largest absolute Gasteiger partial charge is 0.486 e. The first kappa shape index (κ1) is 15.4. The van der Waals surface area contributed by atoms with Gasteiger partial charge in [-0.15, -0.1) is 0 Å². The number of piperidine rings is 1. The van der Waals surface area contributed by atoms with Crippen LogP contribution in [-0.4, -0.2) is 34.4 Å². The molecule has 2 aliphatic rings. The molecular weight excluding hydrogens is 326 g/mol. The van der Waals surface area contributed by atoms with E-state index in [0.29, 0.717) is 6.42 Å². The van der Waals surface area contributed by atoms with Gasteiger partial charge in [0.15, 0.2) is 5.78 Å². The Morgan fingerprint density at radius 2 is 1.96 bits per heavy atom. The highest BCUT2D eigenvalue weighted by Crippen LogP contribution is 2.40. The first-order valence-electron chi connectivity index (χ1n) is 9.15. The molecule has 5 heteroatoms. The van der Waals surface area contributed by atoms with E-state index in [-0.39, 0.29) is 11.4 Å². The van der Waals surface area contributed by atoms with Gasteiger partial charge in [-0.05, 0) is 31.2 Å². The molecule has 0 atom stereocenters. The molecule has 1 saturated heterocycles. The number of benzene rings is 2. The predicted octanol–water partition coefficient (Wildman–Crippen LogP) is 3.88. The van der Waals surface area contributed by atoms with Gasteiger partial charge in [-0.2, -0.15) is 0 Å². The van der Waals surface area contributed by atoms with Gasteiger partial charge in [0.05, 0.1) is 23.0 Å². The monoisotopic (exact) mass is 347 g/mol. The zero-order valence-corrected chi connectivity index (χ0v) is 14.8. The molecule has 0 radical (unpaired) electrons. The highest BCUT2D eigenvalue weighted by molar-refractivity contribution is 6.00. The number of imidazole rings is 1. The van der Waals surface area contributed by atoms with E-state index >= 15 is 0 Å². The SMILES string of the molecule is Cc1ccc2c(c1)C(=O)CC1(CCN(c3nc4ccccc4[nH]3)CC1)O2. The number of aromatic nitrogens is 2. The molecule has 0 saturated carbocycles. The van der Waals surface area contributed by atoms with Gasteiger partial charge in [-0.3, -0.25) is 4.79 Å². The van der Waals surface area contributed by atoms with Gasteiger partial charge in [0.2, 0.25) is 5.95 Å². The number of carbonyl (C=O) groups excluding carboxylic acids is 1. The summed E-state index contributed by atoms with van der Waals surface area (Å²) in [5.41, 5.74) is 3.49. The zero-order chi connectivity index (χ0) is 17.7. The maximum atomic E-state index is 12.7. The summed E-state index contributed by atoms with van der Waals surface area (Å²) < 4.78 is 6.35. The number of carbonyl (C=O) groups is 1. The van der Waals surface area contributed by atoms with Crippen molar-refractivity contribution >= 4 is 22.8 Å². The summed E-state index contributed by atoms with van der Waals surface area (Å²) in [7, 11) is 0. The summed E-state index contributed by atoms with van der Waals surface area (Å²) in [4.78, 5) is 23.0. The average molecular weight is 347 g/mol. The second-order valence-corrected chi connectivity index (χ2v) is 7.45. The van der Waals surface area contributed by atoms with Crippen molar-refractivity contribution in [3.63, 3.8) is 0 Å². The summed E-state index contributed by atoms with van der Waals surface area (Å²) in [5.74, 6) is 1.84. The van der Waals surface area contributed by atoms with Gasteiger partial charge in [-0.1, -0.05) is 23.8 Å². The fraction of sp³-hybridized carbons (Fsp3) is 0.333. The molecule has 132 valence electrons. The number of rotatable bonds is 1. The molecule has 1 spiro atoms. The van der Waals surface area contributed by atoms with Crippen LogP contribution in [0.3, 0.4) is 0 Å². The van der Waals surface area contributed by atoms with E-state index < -0.39 is 0 Å². The second-order valence-electron chi connectivity index (χ2n) is 7.45. The number of H-pyrrole nitrogens is 1. The minimum Gasteiger partial charge on any atom is -0.486 e. The molecule has 3 aromatic rings. The van der Waals surface area contributed by atoms with E-state index in [1.807, 2.05) is 49.4 Å². The first-order valence-corrected chi connectivity index (χ1v) is 9.15. The van der Waals surface area contributed by atoms with Crippen LogP contribution in [0.1, 0.15) is 35.2 Å². The van der Waals surface area contributed by atoms with Gasteiger partial charge in [-0.25, -0.2) is 4.98 Å². The van der Waals surface area contributed by atoms with Crippen LogP contribution in [0, 0.1) is 6.92 Å². The Bertz CT molecular complexity index is 966. The number of hydrogen-bond donors (Lipinski definition) is 1. The number of aromatic amines is 1. The van der Waals surface area contributed by atoms with Gasteiger partial charge >= 0.3 is 0 Å². The van der Waals surface area contributed by atoms with Crippen LogP contribution in [0.2, 0.25) is 0 Å². The van der Waals surface area contributed by atoms with Crippen molar-refractivity contribution in [3.05, 3.63) is 53.6 Å². The number of anilines is 1. The van der Waals surface area contributed by atoms with E-state index in [9.17, 15) is 4.79 Å². The maximum absolute atomic E-state index is 12.7. The van der Waals surface area contributed by atoms with Crippen LogP contribution in [0.15, 0.2) is 42.5 Å². The number of para-hydroxylation sites is 2. The molecule has 0 bridgehead atoms. The number of ether oxygens (including phenoxy) is 1. The standard InChI is InChI=1S/C21H21N3O2/c1-14-6-7-19-15(12-14)18(25)13-21(26-19)8-10-24(11-9-21)20-22-16-4-2-3-5-17(16)23-20/h2-7,12H,8-11,13H2,1H3,(H,22,23). The number of nitrogens with one attached hydrogen (secondary N) is 1. The number of ketones is 1. The van der Waals surface area contributed by atoms with E-state index in [1.165, 1.54) is 0 Å². The molecule has 0 aliphatic carbocycles. The third-order valence-corrected chi connectivity index (χ3v) is 5.60. The Balaban J connectivity index is 1.36. The lowest BCUT2D eigenvalue weighted by Crippen LogP contribution is -2.51. The Morgan fingerprint density at radius 3 is 2.77 bits per heavy atom. The van der Waals surface area contributed by atoms with Crippen LogP contribution < -0.4 is 9.64 Å². The Morgan fingerprint density at radius 1 is 1.15 bits per heavy atom. The molecule has 1 aromatic heterocycles. The van der Waals surface area contributed by atoms with Crippen molar-refractivity contribution in [1.82, 2.24) is 9.97 Å². The molecule has 0 amide bonds. The Labute approximate surface area is 152 Å². The highest BCUT2D eigenvalue weighted by Gasteiger charge is 2.43. The van der Waals surface area contributed by atoms with Crippen molar-refractivity contribution in [1.29, 1.82) is 0 Å². The lowest BCUT2D eigenvalue weighted by molar-refractivity contribution is 0.0230. The van der Waals surface area contributed by atoms with E-state index in [0.717, 1.165) is 59.8 Å². The average Bonchev–Trinajstić information content (AvgIpc) is 3.07. The summed E-state index contributed by atoms with van der Waals surface area (Å²) in [6.45, 7) is 3.66. The highest BCUT2D eigenvalue weighted by atomic mass is 16.5. The Hall–Kier alpha value is -2.82. The topological polar surface area (TPSA) is 58.2 Å². The molecule has 1 N–H and O–H groups in total. The fourth-order valence-electron chi connectivity index (χ4n) is 4.10. The molecule has 2 aliphatic heterocycles. The lowest BCUT2D eigenvalue weighted by atomic mass is 9.82. The summed E-state index contributed by atoms with van der Waals surface area (Å²) in [5, 5.41) is 0. The second kappa shape index (κ2) is 5.59. The molecule has 2 aromatic carbocycles. The third-order valence-electron chi connectivity index (χ3n) is 5.60. The smallest absolute Gasteiger partial charge is 0.203 e. The normalized spacial score (nSPS) is 18.8. The summed E-state index contributed by atoms with van der Waals surface area (Å²) in [6, 6.07) is 14.0. The van der Waals surface area contributed by atoms with E-state index in [4.69, 9.17) is 9.72 Å². The van der Waals surface area contributed by atoms with E-state index in [1.54, 1.807) is 0 Å². The minimum atomic E-state index is -0.373. The molecule has 1 fully saturated rings. The number of hydrogen-bond acceptors (Lipinski definition) is 4. The molecule has 5 rings (SSSR count). The molecule has 26 heavy (non-hydrogen) atoms. The third kappa shape index (κ3) is 2.46. The molecule has 0 unspecified atom stereocenters. The van der Waals surface area contributed by atoms with Gasteiger partial charge in [0.1, 0.15) is 11.4 Å². The maximum Gasteiger partial charge on any atom is 0.203 e. The van der Waals surface area contributed by atoms with Crippen molar-refractivity contribution in [3.8, 4) is 5.75 Å². The van der Waals surface area contributed by atoms with Crippen LogP contribution in [0.25, 0.3) is 11.0 Å². The van der Waals surface area contributed by atoms with Crippen LogP contribution in [0.5, 0.6) is 5.75 Å². The lowest BCUT2D eigenvalue weighted by Gasteiger charge is -2.44. The van der Waals surface area contributed by atoms with Gasteiger partial charge in [0, 0.05) is 25.9 Å². The van der Waals surface area contributed by atoms with Crippen molar-refractivity contribution in [2.45, 2.75) is 31.8 Å². The fourth-order valence-corrected chi connectivity index (χ4v) is 4.10. The molecule has 5 nitrogen and oxygen atoms in total. The van der Waals surface area contributed by atoms with Crippen LogP contribution in [-0.2, 0) is 0 Å². The van der Waals surface area contributed by atoms with Crippen molar-refractivity contribution in [2.24, 2.45) is 0 Å². The number of nitrogens with zero attached hydrogens (tertiary/aromatic N) is 2. The van der Waals surface area contributed by atoms with Crippen LogP contribution >= 0.6 is 0 Å². The number of Topliss-reactive ketones (excluding diaryl/α,β-unsaturated/α-hetero) is 1. The van der Waals surface area contributed by atoms with Crippen LogP contribution in [0.4, 0.5) is 5.95 Å². The summed E-state index contributed by atoms with van der Waals surface area (Å²) in [6.07, 6.45) is 2.11. The molecule has 3 heterocycles. The number of fused-ring (bicyclic) bond motifs is 2. The Kier molecular flexibility index (Phi) is 3.32. The number of aryl methyl sites for hydroxylation is 1. The van der Waals surface area contributed by atoms with Gasteiger partial charge < -0.3 is 14.6 Å². The van der Waals surface area contributed by atoms with Gasteiger partial charge in [0.25, 0.3) is 0 Å². The zero-order valence-electron chi connectivity index (χ0n) is 14.8. The van der Waals surface area contributed by atoms with E-state index in [2.05, 4.69) is 9.88 Å². The first-order chi connectivity index (χ1) is 12.6. The van der Waals surface area contributed by atoms with Crippen molar-refractivity contribution < 1.29 is 9.53 Å². The van der Waals surface area contributed by atoms with Crippen molar-refractivity contribution in [2.75, 3.05) is 18.0 Å². The molecular formula is C21H21N3O2. The quantitative estimate of drug-likeness (QED) is 0.726.